The van der Waals surface area contributed by atoms with E-state index in [1.54, 1.807) is 14.0 Å². The van der Waals surface area contributed by atoms with Crippen LogP contribution >= 0.6 is 0 Å². The molecule has 6 heteroatoms. The molecule has 0 spiro atoms. The molecule has 2 heterocycles. The number of piperazine rings is 1. The molecule has 0 radical (unpaired) electrons. The normalized spacial score (nSPS) is 15.0. The minimum atomic E-state index is -0.0153. The zero-order chi connectivity index (χ0) is 15.5. The average Bonchev–Trinajstić information content (AvgIpc) is 3.00. The maximum Gasteiger partial charge on any atom is 0.259 e. The van der Waals surface area contributed by atoms with Gasteiger partial charge in [0.2, 0.25) is 0 Å². The van der Waals surface area contributed by atoms with Crippen molar-refractivity contribution in [1.82, 2.24) is 10.1 Å². The van der Waals surface area contributed by atoms with Gasteiger partial charge in [0.05, 0.1) is 18.5 Å². The molecule has 1 amide bonds. The third-order valence-electron chi connectivity index (χ3n) is 3.97. The van der Waals surface area contributed by atoms with Crippen molar-refractivity contribution >= 4 is 11.6 Å². The summed E-state index contributed by atoms with van der Waals surface area (Å²) >= 11 is 0. The number of ether oxygens (including phenoxy) is 1. The summed E-state index contributed by atoms with van der Waals surface area (Å²) in [4.78, 5) is 16.5. The number of para-hydroxylation sites is 2. The van der Waals surface area contributed by atoms with Gasteiger partial charge in [-0.2, -0.15) is 0 Å². The van der Waals surface area contributed by atoms with Gasteiger partial charge in [-0.3, -0.25) is 4.79 Å². The van der Waals surface area contributed by atoms with Crippen LogP contribution in [0.25, 0.3) is 0 Å². The Labute approximate surface area is 129 Å². The Balaban J connectivity index is 1.68. The largest absolute Gasteiger partial charge is 0.495 e. The van der Waals surface area contributed by atoms with Gasteiger partial charge in [-0.1, -0.05) is 17.3 Å². The fraction of sp³-hybridized carbons (Fsp3) is 0.375. The third-order valence-corrected chi connectivity index (χ3v) is 3.97. The molecule has 22 heavy (non-hydrogen) atoms. The van der Waals surface area contributed by atoms with Crippen LogP contribution in [0.5, 0.6) is 5.75 Å². The quantitative estimate of drug-likeness (QED) is 0.867. The molecule has 0 atom stereocenters. The molecule has 1 fully saturated rings. The molecule has 1 aromatic carbocycles. The van der Waals surface area contributed by atoms with Crippen molar-refractivity contribution in [2.75, 3.05) is 38.2 Å². The number of aryl methyl sites for hydroxylation is 1. The lowest BCUT2D eigenvalue weighted by Crippen LogP contribution is -2.49. The van der Waals surface area contributed by atoms with Crippen LogP contribution in [0, 0.1) is 6.92 Å². The van der Waals surface area contributed by atoms with Crippen LogP contribution in [-0.2, 0) is 0 Å². The van der Waals surface area contributed by atoms with E-state index >= 15 is 0 Å². The van der Waals surface area contributed by atoms with Gasteiger partial charge in [-0.05, 0) is 19.1 Å². The molecule has 0 aliphatic carbocycles. The lowest BCUT2D eigenvalue weighted by Gasteiger charge is -2.36. The summed E-state index contributed by atoms with van der Waals surface area (Å²) in [5, 5.41) is 3.77. The Kier molecular flexibility index (Phi) is 4.00. The first-order chi connectivity index (χ1) is 10.7. The van der Waals surface area contributed by atoms with Crippen molar-refractivity contribution in [3.8, 4) is 5.75 Å². The predicted octanol–water partition coefficient (Wildman–Crippen LogP) is 1.95. The number of methoxy groups -OCH3 is 1. The maximum absolute atomic E-state index is 12.4. The van der Waals surface area contributed by atoms with Crippen LogP contribution < -0.4 is 9.64 Å². The smallest absolute Gasteiger partial charge is 0.259 e. The molecule has 6 nitrogen and oxygen atoms in total. The molecule has 1 aliphatic heterocycles. The van der Waals surface area contributed by atoms with E-state index in [9.17, 15) is 4.79 Å². The number of hydrogen-bond acceptors (Lipinski definition) is 5. The molecule has 0 saturated carbocycles. The topological polar surface area (TPSA) is 58.8 Å². The van der Waals surface area contributed by atoms with Gasteiger partial charge in [0.15, 0.2) is 0 Å². The monoisotopic (exact) mass is 301 g/mol. The van der Waals surface area contributed by atoms with Crippen molar-refractivity contribution in [2.45, 2.75) is 6.92 Å². The van der Waals surface area contributed by atoms with Crippen LogP contribution in [0.1, 0.15) is 16.1 Å². The molecular formula is C16H19N3O3. The second kappa shape index (κ2) is 6.09. The molecule has 1 saturated heterocycles. The van der Waals surface area contributed by atoms with E-state index in [1.165, 1.54) is 6.26 Å². The van der Waals surface area contributed by atoms with E-state index in [4.69, 9.17) is 9.26 Å². The number of amides is 1. The minimum Gasteiger partial charge on any atom is -0.495 e. The van der Waals surface area contributed by atoms with E-state index in [-0.39, 0.29) is 5.91 Å². The summed E-state index contributed by atoms with van der Waals surface area (Å²) < 4.78 is 10.3. The van der Waals surface area contributed by atoms with Gasteiger partial charge in [-0.15, -0.1) is 0 Å². The Morgan fingerprint density at radius 1 is 1.23 bits per heavy atom. The number of aromatic nitrogens is 1. The van der Waals surface area contributed by atoms with Crippen LogP contribution in [-0.4, -0.2) is 49.3 Å². The van der Waals surface area contributed by atoms with E-state index in [2.05, 4.69) is 10.1 Å². The van der Waals surface area contributed by atoms with Crippen molar-refractivity contribution in [3.05, 3.63) is 41.8 Å². The third kappa shape index (κ3) is 2.64. The highest BCUT2D eigenvalue weighted by molar-refractivity contribution is 5.95. The lowest BCUT2D eigenvalue weighted by atomic mass is 10.2. The van der Waals surface area contributed by atoms with Gasteiger partial charge in [0.25, 0.3) is 5.91 Å². The van der Waals surface area contributed by atoms with Crippen LogP contribution in [0.4, 0.5) is 5.69 Å². The molecule has 1 aromatic heterocycles. The van der Waals surface area contributed by atoms with Gasteiger partial charge in [-0.25, -0.2) is 0 Å². The molecule has 116 valence electrons. The highest BCUT2D eigenvalue weighted by Gasteiger charge is 2.25. The molecule has 0 bridgehead atoms. The predicted molar refractivity (Wildman–Crippen MR) is 82.4 cm³/mol. The number of carbonyl (C=O) groups excluding carboxylic acids is 1. The van der Waals surface area contributed by atoms with E-state index in [0.29, 0.717) is 24.3 Å². The Hall–Kier alpha value is -2.50. The Morgan fingerprint density at radius 3 is 2.59 bits per heavy atom. The van der Waals surface area contributed by atoms with Gasteiger partial charge >= 0.3 is 0 Å². The second-order valence-electron chi connectivity index (χ2n) is 5.26. The molecule has 2 aromatic rings. The summed E-state index contributed by atoms with van der Waals surface area (Å²) in [6.07, 6.45) is 1.42. The van der Waals surface area contributed by atoms with Crippen LogP contribution in [0.2, 0.25) is 0 Å². The fourth-order valence-corrected chi connectivity index (χ4v) is 2.71. The number of rotatable bonds is 3. The van der Waals surface area contributed by atoms with E-state index < -0.39 is 0 Å². The maximum atomic E-state index is 12.4. The summed E-state index contributed by atoms with van der Waals surface area (Å²) in [5.41, 5.74) is 2.25. The van der Waals surface area contributed by atoms with Crippen molar-refractivity contribution in [1.29, 1.82) is 0 Å². The molecule has 0 unspecified atom stereocenters. The Morgan fingerprint density at radius 2 is 1.95 bits per heavy atom. The van der Waals surface area contributed by atoms with Crippen molar-refractivity contribution < 1.29 is 14.1 Å². The highest BCUT2D eigenvalue weighted by Crippen LogP contribution is 2.28. The van der Waals surface area contributed by atoms with Gasteiger partial charge < -0.3 is 19.1 Å². The lowest BCUT2D eigenvalue weighted by molar-refractivity contribution is 0.0745. The molecule has 3 rings (SSSR count). The SMILES string of the molecule is COc1ccccc1N1CCN(C(=O)c2conc2C)CC1. The van der Waals surface area contributed by atoms with Crippen LogP contribution in [0.3, 0.4) is 0 Å². The van der Waals surface area contributed by atoms with Crippen molar-refractivity contribution in [3.63, 3.8) is 0 Å². The summed E-state index contributed by atoms with van der Waals surface area (Å²) in [5.74, 6) is 0.843. The summed E-state index contributed by atoms with van der Waals surface area (Å²) in [7, 11) is 1.67. The fourth-order valence-electron chi connectivity index (χ4n) is 2.71. The minimum absolute atomic E-state index is 0.0153. The van der Waals surface area contributed by atoms with E-state index in [0.717, 1.165) is 24.5 Å². The molecule has 0 N–H and O–H groups in total. The molecular weight excluding hydrogens is 282 g/mol. The zero-order valence-electron chi connectivity index (χ0n) is 12.8. The summed E-state index contributed by atoms with van der Waals surface area (Å²) in [6.45, 7) is 4.66. The number of hydrogen-bond donors (Lipinski definition) is 0. The number of benzene rings is 1. The van der Waals surface area contributed by atoms with Gasteiger partial charge in [0.1, 0.15) is 17.6 Å². The first-order valence-electron chi connectivity index (χ1n) is 7.29. The first kappa shape index (κ1) is 14.4. The first-order valence-corrected chi connectivity index (χ1v) is 7.29. The zero-order valence-corrected chi connectivity index (χ0v) is 12.8. The van der Waals surface area contributed by atoms with Crippen LogP contribution in [0.15, 0.2) is 35.1 Å². The number of nitrogens with zero attached hydrogens (tertiary/aromatic N) is 3. The molecule has 1 aliphatic rings. The Bertz CT molecular complexity index is 660. The standard InChI is InChI=1S/C16H19N3O3/c1-12-13(11-22-17-12)16(20)19-9-7-18(8-10-19)14-5-3-4-6-15(14)21-2/h3-6,11H,7-10H2,1-2H3. The van der Waals surface area contributed by atoms with Gasteiger partial charge in [0, 0.05) is 26.2 Å². The number of carbonyl (C=O) groups is 1. The van der Waals surface area contributed by atoms with E-state index in [1.807, 2.05) is 29.2 Å². The van der Waals surface area contributed by atoms with Crippen molar-refractivity contribution in [2.24, 2.45) is 0 Å². The highest BCUT2D eigenvalue weighted by atomic mass is 16.5. The second-order valence-corrected chi connectivity index (χ2v) is 5.26. The number of anilines is 1. The average molecular weight is 301 g/mol. The summed E-state index contributed by atoms with van der Waals surface area (Å²) in [6, 6.07) is 7.94.